The molecule has 4 heteroatoms. The van der Waals surface area contributed by atoms with E-state index >= 15 is 0 Å². The van der Waals surface area contributed by atoms with Gasteiger partial charge in [-0.3, -0.25) is 9.59 Å². The van der Waals surface area contributed by atoms with Gasteiger partial charge in [0.05, 0.1) is 6.61 Å². The Bertz CT molecular complexity index is 498. The van der Waals surface area contributed by atoms with Crippen LogP contribution in [0.5, 0.6) is 0 Å². The van der Waals surface area contributed by atoms with Crippen molar-refractivity contribution in [2.45, 2.75) is 26.7 Å². The fourth-order valence-electron chi connectivity index (χ4n) is 2.53. The van der Waals surface area contributed by atoms with Crippen LogP contribution in [-0.2, 0) is 9.53 Å². The molecule has 4 nitrogen and oxygen atoms in total. The molecule has 0 amide bonds. The van der Waals surface area contributed by atoms with Crippen molar-refractivity contribution in [2.75, 3.05) is 24.6 Å². The minimum Gasteiger partial charge on any atom is -0.465 e. The summed E-state index contributed by atoms with van der Waals surface area (Å²) in [5, 5.41) is 0. The topological polar surface area (TPSA) is 46.6 Å². The van der Waals surface area contributed by atoms with E-state index in [4.69, 9.17) is 4.74 Å². The van der Waals surface area contributed by atoms with Crippen molar-refractivity contribution in [2.24, 2.45) is 5.92 Å². The first-order valence-corrected chi connectivity index (χ1v) is 7.23. The quantitative estimate of drug-likeness (QED) is 0.612. The van der Waals surface area contributed by atoms with Gasteiger partial charge in [0, 0.05) is 24.3 Å². The molecule has 1 heterocycles. The van der Waals surface area contributed by atoms with E-state index in [9.17, 15) is 9.59 Å². The molecule has 0 fully saturated rings. The number of esters is 1. The molecule has 0 radical (unpaired) electrons. The lowest BCUT2D eigenvalue weighted by Gasteiger charge is -2.34. The molecule has 0 aromatic heterocycles. The van der Waals surface area contributed by atoms with Gasteiger partial charge in [0.2, 0.25) is 0 Å². The number of hydrogen-bond acceptors (Lipinski definition) is 4. The highest BCUT2D eigenvalue weighted by Crippen LogP contribution is 2.30. The lowest BCUT2D eigenvalue weighted by Crippen LogP contribution is -2.43. The molecule has 108 valence electrons. The van der Waals surface area contributed by atoms with Crippen molar-refractivity contribution in [1.29, 1.82) is 0 Å². The van der Waals surface area contributed by atoms with Crippen molar-refractivity contribution in [3.8, 4) is 0 Å². The maximum absolute atomic E-state index is 12.4. The number of fused-ring (bicyclic) bond motifs is 1. The standard InChI is InChI=1S/C16H21NO3/c1-3-5-10-17-11-13(16(19)20-4-2)15(18)12-8-6-7-9-14(12)17/h6-9,13H,3-5,10-11H2,1-2H3. The van der Waals surface area contributed by atoms with Crippen LogP contribution >= 0.6 is 0 Å². The molecule has 1 aliphatic rings. The summed E-state index contributed by atoms with van der Waals surface area (Å²) in [5.41, 5.74) is 1.57. The average Bonchev–Trinajstić information content (AvgIpc) is 2.47. The number of carbonyl (C=O) groups excluding carboxylic acids is 2. The SMILES string of the molecule is CCCCN1CC(C(=O)OCC)C(=O)c2ccccc21. The Morgan fingerprint density at radius 3 is 2.80 bits per heavy atom. The summed E-state index contributed by atoms with van der Waals surface area (Å²) in [5.74, 6) is -1.22. The molecule has 0 bridgehead atoms. The van der Waals surface area contributed by atoms with E-state index in [1.54, 1.807) is 13.0 Å². The Kier molecular flexibility index (Phi) is 4.77. The third-order valence-corrected chi connectivity index (χ3v) is 3.58. The van der Waals surface area contributed by atoms with Gasteiger partial charge in [0.25, 0.3) is 0 Å². The van der Waals surface area contributed by atoms with E-state index in [2.05, 4.69) is 11.8 Å². The molecular formula is C16H21NO3. The van der Waals surface area contributed by atoms with Gasteiger partial charge in [0.1, 0.15) is 5.92 Å². The summed E-state index contributed by atoms with van der Waals surface area (Å²) in [7, 11) is 0. The number of Topliss-reactive ketones (excluding diaryl/α,β-unsaturated/α-hetero) is 1. The average molecular weight is 275 g/mol. The Balaban J connectivity index is 2.29. The first kappa shape index (κ1) is 14.6. The predicted molar refractivity (Wildman–Crippen MR) is 78.0 cm³/mol. The number of rotatable bonds is 5. The van der Waals surface area contributed by atoms with Gasteiger partial charge in [-0.25, -0.2) is 0 Å². The number of carbonyl (C=O) groups is 2. The fourth-order valence-corrected chi connectivity index (χ4v) is 2.53. The zero-order valence-electron chi connectivity index (χ0n) is 12.1. The normalized spacial score (nSPS) is 17.8. The molecule has 0 aliphatic carbocycles. The van der Waals surface area contributed by atoms with E-state index < -0.39 is 11.9 Å². The molecular weight excluding hydrogens is 254 g/mol. The van der Waals surface area contributed by atoms with E-state index in [1.165, 1.54) is 0 Å². The maximum Gasteiger partial charge on any atom is 0.318 e. The van der Waals surface area contributed by atoms with Crippen LogP contribution < -0.4 is 4.90 Å². The van der Waals surface area contributed by atoms with Crippen LogP contribution in [0.25, 0.3) is 0 Å². The summed E-state index contributed by atoms with van der Waals surface area (Å²) < 4.78 is 5.03. The van der Waals surface area contributed by atoms with Crippen molar-refractivity contribution < 1.29 is 14.3 Å². The van der Waals surface area contributed by atoms with E-state index in [1.807, 2.05) is 18.2 Å². The van der Waals surface area contributed by atoms with Crippen molar-refractivity contribution in [3.05, 3.63) is 29.8 Å². The summed E-state index contributed by atoms with van der Waals surface area (Å²) in [6, 6.07) is 7.50. The van der Waals surface area contributed by atoms with Gasteiger partial charge in [-0.1, -0.05) is 25.5 Å². The molecule has 1 atom stereocenters. The third kappa shape index (κ3) is 2.84. The number of ether oxygens (including phenoxy) is 1. The van der Waals surface area contributed by atoms with Gasteiger partial charge >= 0.3 is 5.97 Å². The van der Waals surface area contributed by atoms with E-state index in [-0.39, 0.29) is 5.78 Å². The molecule has 0 spiro atoms. The molecule has 2 rings (SSSR count). The van der Waals surface area contributed by atoms with Gasteiger partial charge in [0.15, 0.2) is 5.78 Å². The molecule has 1 aliphatic heterocycles. The first-order valence-electron chi connectivity index (χ1n) is 7.23. The van der Waals surface area contributed by atoms with Crippen LogP contribution in [0, 0.1) is 5.92 Å². The minimum atomic E-state index is -0.693. The summed E-state index contributed by atoms with van der Waals surface area (Å²) in [6.07, 6.45) is 2.12. The largest absolute Gasteiger partial charge is 0.465 e. The third-order valence-electron chi connectivity index (χ3n) is 3.58. The highest BCUT2D eigenvalue weighted by molar-refractivity contribution is 6.13. The smallest absolute Gasteiger partial charge is 0.318 e. The number of nitrogens with zero attached hydrogens (tertiary/aromatic N) is 1. The van der Waals surface area contributed by atoms with E-state index in [0.717, 1.165) is 25.1 Å². The number of hydrogen-bond donors (Lipinski definition) is 0. The minimum absolute atomic E-state index is 0.119. The molecule has 0 N–H and O–H groups in total. The number of benzene rings is 1. The maximum atomic E-state index is 12.4. The monoisotopic (exact) mass is 275 g/mol. The van der Waals surface area contributed by atoms with E-state index in [0.29, 0.717) is 18.7 Å². The van der Waals surface area contributed by atoms with Crippen LogP contribution in [0.3, 0.4) is 0 Å². The predicted octanol–water partition coefficient (Wildman–Crippen LogP) is 2.67. The summed E-state index contributed by atoms with van der Waals surface area (Å²) in [6.45, 7) is 5.47. The van der Waals surface area contributed by atoms with Gasteiger partial charge in [-0.2, -0.15) is 0 Å². The highest BCUT2D eigenvalue weighted by Gasteiger charge is 2.36. The van der Waals surface area contributed by atoms with Crippen molar-refractivity contribution in [3.63, 3.8) is 0 Å². The van der Waals surface area contributed by atoms with Gasteiger partial charge < -0.3 is 9.64 Å². The first-order chi connectivity index (χ1) is 9.69. The van der Waals surface area contributed by atoms with Gasteiger partial charge in [-0.15, -0.1) is 0 Å². The van der Waals surface area contributed by atoms with Crippen LogP contribution in [0.4, 0.5) is 5.69 Å². The second-order valence-corrected chi connectivity index (χ2v) is 4.99. The van der Waals surface area contributed by atoms with Crippen LogP contribution in [0.1, 0.15) is 37.0 Å². The summed E-state index contributed by atoms with van der Waals surface area (Å²) in [4.78, 5) is 26.5. The van der Waals surface area contributed by atoms with Crippen LogP contribution in [0.15, 0.2) is 24.3 Å². The molecule has 1 aromatic rings. The number of para-hydroxylation sites is 1. The highest BCUT2D eigenvalue weighted by atomic mass is 16.5. The Labute approximate surface area is 119 Å². The van der Waals surface area contributed by atoms with Crippen LogP contribution in [0.2, 0.25) is 0 Å². The Hall–Kier alpha value is -1.84. The van der Waals surface area contributed by atoms with Crippen molar-refractivity contribution >= 4 is 17.4 Å². The molecule has 20 heavy (non-hydrogen) atoms. The second-order valence-electron chi connectivity index (χ2n) is 4.99. The summed E-state index contributed by atoms with van der Waals surface area (Å²) >= 11 is 0. The number of unbranched alkanes of at least 4 members (excludes halogenated alkanes) is 1. The number of ketones is 1. The zero-order valence-corrected chi connectivity index (χ0v) is 12.1. The number of anilines is 1. The lowest BCUT2D eigenvalue weighted by atomic mass is 9.91. The van der Waals surface area contributed by atoms with Crippen molar-refractivity contribution in [1.82, 2.24) is 0 Å². The Morgan fingerprint density at radius 2 is 2.10 bits per heavy atom. The Morgan fingerprint density at radius 1 is 1.35 bits per heavy atom. The van der Waals surface area contributed by atoms with Gasteiger partial charge in [-0.05, 0) is 25.5 Å². The lowest BCUT2D eigenvalue weighted by molar-refractivity contribution is -0.145. The molecule has 0 saturated carbocycles. The molecule has 0 saturated heterocycles. The second kappa shape index (κ2) is 6.55. The van der Waals surface area contributed by atoms with Crippen LogP contribution in [-0.4, -0.2) is 31.4 Å². The zero-order chi connectivity index (χ0) is 14.5. The molecule has 1 aromatic carbocycles. The fraction of sp³-hybridized carbons (Fsp3) is 0.500. The molecule has 1 unspecified atom stereocenters.